The fourth-order valence-corrected chi connectivity index (χ4v) is 3.28. The molecule has 1 atom stereocenters. The lowest BCUT2D eigenvalue weighted by Crippen LogP contribution is -2.45. The summed E-state index contributed by atoms with van der Waals surface area (Å²) in [7, 11) is 0. The third-order valence-corrected chi connectivity index (χ3v) is 4.18. The predicted octanol–water partition coefficient (Wildman–Crippen LogP) is 3.28. The molecule has 1 aromatic rings. The third kappa shape index (κ3) is 3.22. The minimum Gasteiger partial charge on any atom is -0.314 e. The van der Waals surface area contributed by atoms with E-state index in [0.717, 1.165) is 32.6 Å². The van der Waals surface area contributed by atoms with Crippen molar-refractivity contribution in [3.05, 3.63) is 46.5 Å². The van der Waals surface area contributed by atoms with E-state index >= 15 is 0 Å². The Bertz CT molecular complexity index is 411. The molecule has 1 heterocycles. The number of rotatable bonds is 4. The molecule has 98 valence electrons. The van der Waals surface area contributed by atoms with Crippen molar-refractivity contribution in [2.24, 2.45) is 0 Å². The first-order valence-corrected chi connectivity index (χ1v) is 7.33. The van der Waals surface area contributed by atoms with Gasteiger partial charge in [-0.3, -0.25) is 4.90 Å². The molecular formula is C15H21BrN2. The second kappa shape index (κ2) is 6.50. The fourth-order valence-electron chi connectivity index (χ4n) is 2.53. The number of hydrogen-bond donors (Lipinski definition) is 1. The van der Waals surface area contributed by atoms with Gasteiger partial charge in [-0.25, -0.2) is 0 Å². The van der Waals surface area contributed by atoms with Crippen molar-refractivity contribution in [1.29, 1.82) is 0 Å². The molecule has 0 unspecified atom stereocenters. The molecule has 2 nitrogen and oxygen atoms in total. The van der Waals surface area contributed by atoms with Crippen LogP contribution in [0.25, 0.3) is 0 Å². The molecule has 0 saturated carbocycles. The number of piperazine rings is 1. The Morgan fingerprint density at radius 3 is 2.78 bits per heavy atom. The van der Waals surface area contributed by atoms with Crippen LogP contribution in [0.4, 0.5) is 0 Å². The van der Waals surface area contributed by atoms with Gasteiger partial charge < -0.3 is 5.32 Å². The first-order chi connectivity index (χ1) is 8.72. The average Bonchev–Trinajstić information content (AvgIpc) is 2.38. The van der Waals surface area contributed by atoms with Crippen molar-refractivity contribution < 1.29 is 0 Å². The molecule has 0 amide bonds. The smallest absolute Gasteiger partial charge is 0.0394 e. The van der Waals surface area contributed by atoms with Gasteiger partial charge in [-0.15, -0.1) is 6.58 Å². The minimum absolute atomic E-state index is 0.444. The van der Waals surface area contributed by atoms with Crippen molar-refractivity contribution >= 4 is 15.9 Å². The summed E-state index contributed by atoms with van der Waals surface area (Å²) in [5.41, 5.74) is 2.67. The molecule has 2 rings (SSSR count). The Labute approximate surface area is 118 Å². The molecule has 0 spiro atoms. The Kier molecular flexibility index (Phi) is 4.98. The van der Waals surface area contributed by atoms with E-state index in [1.807, 2.05) is 6.08 Å². The topological polar surface area (TPSA) is 15.3 Å². The SMILES string of the molecule is C=CC[C@H](c1ccc(C)cc1Br)N1CCNCC1. The zero-order valence-electron chi connectivity index (χ0n) is 11.0. The van der Waals surface area contributed by atoms with Gasteiger partial charge in [-0.1, -0.05) is 34.1 Å². The highest BCUT2D eigenvalue weighted by Crippen LogP contribution is 2.31. The van der Waals surface area contributed by atoms with Crippen molar-refractivity contribution in [3.63, 3.8) is 0 Å². The van der Waals surface area contributed by atoms with Crippen LogP contribution in [0.2, 0.25) is 0 Å². The molecule has 18 heavy (non-hydrogen) atoms. The van der Waals surface area contributed by atoms with Gasteiger partial charge in [0.15, 0.2) is 0 Å². The van der Waals surface area contributed by atoms with Crippen LogP contribution >= 0.6 is 15.9 Å². The van der Waals surface area contributed by atoms with Crippen LogP contribution in [0.1, 0.15) is 23.6 Å². The summed E-state index contributed by atoms with van der Waals surface area (Å²) in [4.78, 5) is 2.55. The standard InChI is InChI=1S/C15H21BrN2/c1-3-4-15(18-9-7-17-8-10-18)13-6-5-12(2)11-14(13)16/h3,5-6,11,15,17H,1,4,7-10H2,2H3/t15-/m1/s1. The first kappa shape index (κ1) is 13.8. The lowest BCUT2D eigenvalue weighted by Gasteiger charge is -2.35. The number of aryl methyl sites for hydroxylation is 1. The van der Waals surface area contributed by atoms with Gasteiger partial charge in [0, 0.05) is 36.7 Å². The quantitative estimate of drug-likeness (QED) is 0.859. The van der Waals surface area contributed by atoms with E-state index < -0.39 is 0 Å². The first-order valence-electron chi connectivity index (χ1n) is 6.54. The van der Waals surface area contributed by atoms with Crippen LogP contribution < -0.4 is 5.32 Å². The van der Waals surface area contributed by atoms with E-state index in [1.165, 1.54) is 15.6 Å². The second-order valence-corrected chi connectivity index (χ2v) is 5.71. The van der Waals surface area contributed by atoms with E-state index in [9.17, 15) is 0 Å². The highest BCUT2D eigenvalue weighted by Gasteiger charge is 2.22. The molecular weight excluding hydrogens is 288 g/mol. The van der Waals surface area contributed by atoms with Crippen LogP contribution in [0.5, 0.6) is 0 Å². The zero-order valence-corrected chi connectivity index (χ0v) is 12.5. The van der Waals surface area contributed by atoms with E-state index in [2.05, 4.69) is 57.8 Å². The lowest BCUT2D eigenvalue weighted by atomic mass is 10.00. The Morgan fingerprint density at radius 2 is 2.17 bits per heavy atom. The molecule has 0 aliphatic carbocycles. The third-order valence-electron chi connectivity index (χ3n) is 3.50. The molecule has 1 fully saturated rings. The van der Waals surface area contributed by atoms with E-state index in [1.54, 1.807) is 0 Å². The number of nitrogens with one attached hydrogen (secondary N) is 1. The maximum atomic E-state index is 3.91. The maximum Gasteiger partial charge on any atom is 0.0394 e. The number of halogens is 1. The molecule has 1 aromatic carbocycles. The summed E-state index contributed by atoms with van der Waals surface area (Å²) in [6.45, 7) is 10.4. The van der Waals surface area contributed by atoms with E-state index in [4.69, 9.17) is 0 Å². The summed E-state index contributed by atoms with van der Waals surface area (Å²) < 4.78 is 1.22. The summed E-state index contributed by atoms with van der Waals surface area (Å²) in [6, 6.07) is 7.08. The highest BCUT2D eigenvalue weighted by atomic mass is 79.9. The lowest BCUT2D eigenvalue weighted by molar-refractivity contribution is 0.174. The van der Waals surface area contributed by atoms with Gasteiger partial charge in [0.25, 0.3) is 0 Å². The summed E-state index contributed by atoms with van der Waals surface area (Å²) in [6.07, 6.45) is 3.03. The molecule has 0 radical (unpaired) electrons. The summed E-state index contributed by atoms with van der Waals surface area (Å²) in [5, 5.41) is 3.41. The van der Waals surface area contributed by atoms with Crippen LogP contribution in [0.15, 0.2) is 35.3 Å². The number of nitrogens with zero attached hydrogens (tertiary/aromatic N) is 1. The summed E-state index contributed by atoms with van der Waals surface area (Å²) in [5.74, 6) is 0. The van der Waals surface area contributed by atoms with Gasteiger partial charge >= 0.3 is 0 Å². The van der Waals surface area contributed by atoms with Gasteiger partial charge in [0.05, 0.1) is 0 Å². The average molecular weight is 309 g/mol. The number of hydrogen-bond acceptors (Lipinski definition) is 2. The highest BCUT2D eigenvalue weighted by molar-refractivity contribution is 9.10. The molecule has 1 N–H and O–H groups in total. The molecule has 0 bridgehead atoms. The van der Waals surface area contributed by atoms with Crippen molar-refractivity contribution in [2.45, 2.75) is 19.4 Å². The van der Waals surface area contributed by atoms with Crippen molar-refractivity contribution in [3.8, 4) is 0 Å². The monoisotopic (exact) mass is 308 g/mol. The predicted molar refractivity (Wildman–Crippen MR) is 80.9 cm³/mol. The Balaban J connectivity index is 2.24. The summed E-state index contributed by atoms with van der Waals surface area (Å²) >= 11 is 3.71. The van der Waals surface area contributed by atoms with Gasteiger partial charge in [0.2, 0.25) is 0 Å². The molecule has 1 aliphatic rings. The Morgan fingerprint density at radius 1 is 1.44 bits per heavy atom. The van der Waals surface area contributed by atoms with Gasteiger partial charge in [-0.2, -0.15) is 0 Å². The molecule has 1 saturated heterocycles. The molecule has 1 aliphatic heterocycles. The van der Waals surface area contributed by atoms with E-state index in [0.29, 0.717) is 6.04 Å². The van der Waals surface area contributed by atoms with E-state index in [-0.39, 0.29) is 0 Å². The largest absolute Gasteiger partial charge is 0.314 e. The van der Waals surface area contributed by atoms with Crippen LogP contribution in [-0.4, -0.2) is 31.1 Å². The van der Waals surface area contributed by atoms with Crippen LogP contribution in [0.3, 0.4) is 0 Å². The van der Waals surface area contributed by atoms with Crippen molar-refractivity contribution in [1.82, 2.24) is 10.2 Å². The fraction of sp³-hybridized carbons (Fsp3) is 0.467. The molecule has 0 aromatic heterocycles. The minimum atomic E-state index is 0.444. The number of benzene rings is 1. The van der Waals surface area contributed by atoms with Crippen molar-refractivity contribution in [2.75, 3.05) is 26.2 Å². The van der Waals surface area contributed by atoms with Gasteiger partial charge in [0.1, 0.15) is 0 Å². The maximum absolute atomic E-state index is 3.91. The molecule has 3 heteroatoms. The van der Waals surface area contributed by atoms with Crippen LogP contribution in [-0.2, 0) is 0 Å². The second-order valence-electron chi connectivity index (χ2n) is 4.85. The normalized spacial score (nSPS) is 18.6. The zero-order chi connectivity index (χ0) is 13.0. The Hall–Kier alpha value is -0.640. The van der Waals surface area contributed by atoms with Gasteiger partial charge in [-0.05, 0) is 30.5 Å². The van der Waals surface area contributed by atoms with Crippen LogP contribution in [0, 0.1) is 6.92 Å².